The van der Waals surface area contributed by atoms with Crippen molar-refractivity contribution in [1.82, 2.24) is 14.4 Å². The molecule has 0 bridgehead atoms. The Labute approximate surface area is 182 Å². The Kier molecular flexibility index (Phi) is 5.58. The van der Waals surface area contributed by atoms with E-state index in [1.807, 2.05) is 13.1 Å². The maximum Gasteiger partial charge on any atom is 0.356 e. The van der Waals surface area contributed by atoms with Gasteiger partial charge in [0.15, 0.2) is 5.69 Å². The molecule has 4 aromatic rings. The SMILES string of the molecule is CCc1c(C(=O)O)nc2c(-c3ccc(F)cc3F)cc(-c3cnc(CC(C)C)s3)cn12. The highest BCUT2D eigenvalue weighted by Crippen LogP contribution is 2.35. The number of carbonyl (C=O) groups is 1. The van der Waals surface area contributed by atoms with Gasteiger partial charge in [0.25, 0.3) is 0 Å². The molecule has 0 aliphatic carbocycles. The molecule has 1 aromatic carbocycles. The highest BCUT2D eigenvalue weighted by atomic mass is 32.1. The van der Waals surface area contributed by atoms with Crippen LogP contribution in [0.5, 0.6) is 0 Å². The van der Waals surface area contributed by atoms with E-state index in [1.54, 1.807) is 28.0 Å². The summed E-state index contributed by atoms with van der Waals surface area (Å²) in [7, 11) is 0. The number of hydrogen-bond acceptors (Lipinski definition) is 4. The summed E-state index contributed by atoms with van der Waals surface area (Å²) in [6.07, 6.45) is 4.86. The van der Waals surface area contributed by atoms with Crippen LogP contribution in [-0.4, -0.2) is 25.4 Å². The van der Waals surface area contributed by atoms with Gasteiger partial charge in [-0.3, -0.25) is 0 Å². The number of nitrogens with zero attached hydrogens (tertiary/aromatic N) is 3. The number of aromatic carboxylic acids is 1. The van der Waals surface area contributed by atoms with Crippen molar-refractivity contribution in [2.75, 3.05) is 0 Å². The number of carboxylic acids is 1. The van der Waals surface area contributed by atoms with E-state index in [9.17, 15) is 18.7 Å². The number of benzene rings is 1. The molecular formula is C23H21F2N3O2S. The van der Waals surface area contributed by atoms with Crippen LogP contribution in [0.3, 0.4) is 0 Å². The van der Waals surface area contributed by atoms with Gasteiger partial charge in [-0.1, -0.05) is 20.8 Å². The zero-order chi connectivity index (χ0) is 22.3. The number of aromatic nitrogens is 3. The molecule has 0 aliphatic heterocycles. The molecule has 0 amide bonds. The number of halogens is 2. The zero-order valence-electron chi connectivity index (χ0n) is 17.3. The normalized spacial score (nSPS) is 11.5. The number of hydrogen-bond donors (Lipinski definition) is 1. The lowest BCUT2D eigenvalue weighted by Crippen LogP contribution is -2.02. The third-order valence-corrected chi connectivity index (χ3v) is 6.07. The number of thiazole rings is 1. The van der Waals surface area contributed by atoms with Crippen molar-refractivity contribution in [2.24, 2.45) is 5.92 Å². The Balaban J connectivity index is 2.00. The fourth-order valence-electron chi connectivity index (χ4n) is 3.63. The molecule has 0 saturated carbocycles. The molecule has 0 radical (unpaired) electrons. The Morgan fingerprint density at radius 3 is 2.65 bits per heavy atom. The number of imidazole rings is 1. The first-order valence-electron chi connectivity index (χ1n) is 9.97. The van der Waals surface area contributed by atoms with Gasteiger partial charge in [-0.15, -0.1) is 11.3 Å². The maximum absolute atomic E-state index is 14.7. The van der Waals surface area contributed by atoms with Gasteiger partial charge >= 0.3 is 5.97 Å². The number of carboxylic acid groups (broad SMARTS) is 1. The van der Waals surface area contributed by atoms with Crippen molar-refractivity contribution >= 4 is 23.0 Å². The van der Waals surface area contributed by atoms with E-state index >= 15 is 0 Å². The number of fused-ring (bicyclic) bond motifs is 1. The monoisotopic (exact) mass is 441 g/mol. The van der Waals surface area contributed by atoms with E-state index in [2.05, 4.69) is 23.8 Å². The second kappa shape index (κ2) is 8.19. The number of rotatable bonds is 6. The second-order valence-electron chi connectivity index (χ2n) is 7.74. The smallest absolute Gasteiger partial charge is 0.356 e. The summed E-state index contributed by atoms with van der Waals surface area (Å²) in [5, 5.41) is 10.6. The molecule has 160 valence electrons. The lowest BCUT2D eigenvalue weighted by molar-refractivity contribution is 0.0690. The lowest BCUT2D eigenvalue weighted by atomic mass is 10.0. The molecule has 0 atom stereocenters. The van der Waals surface area contributed by atoms with Gasteiger partial charge < -0.3 is 9.51 Å². The minimum Gasteiger partial charge on any atom is -0.476 e. The van der Waals surface area contributed by atoms with Crippen LogP contribution < -0.4 is 0 Å². The predicted molar refractivity (Wildman–Crippen MR) is 117 cm³/mol. The summed E-state index contributed by atoms with van der Waals surface area (Å²) in [4.78, 5) is 21.4. The molecular weight excluding hydrogens is 420 g/mol. The summed E-state index contributed by atoms with van der Waals surface area (Å²) in [5.74, 6) is -2.10. The number of pyridine rings is 1. The summed E-state index contributed by atoms with van der Waals surface area (Å²) in [6, 6.07) is 5.10. The molecule has 0 fully saturated rings. The standard InChI is InChI=1S/C23H21F2N3O2S/c1-4-18-21(23(29)30)27-22-16(15-6-5-14(24)9-17(15)25)8-13(11-28(18)22)19-10-26-20(31-19)7-12(2)3/h5-6,8-12H,4,7H2,1-3H3,(H,29,30). The van der Waals surface area contributed by atoms with Gasteiger partial charge in [-0.2, -0.15) is 0 Å². The highest BCUT2D eigenvalue weighted by molar-refractivity contribution is 7.15. The van der Waals surface area contributed by atoms with Gasteiger partial charge in [0, 0.05) is 41.6 Å². The van der Waals surface area contributed by atoms with E-state index in [0.29, 0.717) is 29.2 Å². The van der Waals surface area contributed by atoms with Crippen LogP contribution in [0.2, 0.25) is 0 Å². The van der Waals surface area contributed by atoms with Gasteiger partial charge in [0.2, 0.25) is 0 Å². The average Bonchev–Trinajstić information content (AvgIpc) is 3.31. The number of aryl methyl sites for hydroxylation is 1. The van der Waals surface area contributed by atoms with E-state index in [4.69, 9.17) is 0 Å². The molecule has 3 heterocycles. The molecule has 0 aliphatic rings. The molecule has 3 aromatic heterocycles. The van der Waals surface area contributed by atoms with E-state index in [-0.39, 0.29) is 11.3 Å². The minimum atomic E-state index is -1.15. The summed E-state index contributed by atoms with van der Waals surface area (Å²) in [5.41, 5.74) is 2.08. The Bertz CT molecular complexity index is 1290. The molecule has 0 spiro atoms. The molecule has 0 saturated heterocycles. The van der Waals surface area contributed by atoms with Crippen LogP contribution in [0.15, 0.2) is 36.7 Å². The van der Waals surface area contributed by atoms with Gasteiger partial charge in [-0.05, 0) is 30.5 Å². The van der Waals surface area contributed by atoms with Gasteiger partial charge in [0.1, 0.15) is 17.3 Å². The first kappa shape index (κ1) is 21.1. The Hall–Kier alpha value is -3.13. The Morgan fingerprint density at radius 1 is 1.23 bits per heavy atom. The van der Waals surface area contributed by atoms with Crippen molar-refractivity contribution in [3.8, 4) is 21.6 Å². The third-order valence-electron chi connectivity index (χ3n) is 5.00. The molecule has 8 heteroatoms. The molecule has 1 N–H and O–H groups in total. The second-order valence-corrected chi connectivity index (χ2v) is 8.86. The van der Waals surface area contributed by atoms with Crippen LogP contribution in [-0.2, 0) is 12.8 Å². The van der Waals surface area contributed by atoms with Crippen molar-refractivity contribution in [3.05, 3.63) is 64.7 Å². The van der Waals surface area contributed by atoms with Crippen molar-refractivity contribution in [3.63, 3.8) is 0 Å². The Morgan fingerprint density at radius 2 is 2.00 bits per heavy atom. The molecule has 5 nitrogen and oxygen atoms in total. The van der Waals surface area contributed by atoms with Crippen LogP contribution >= 0.6 is 11.3 Å². The first-order valence-corrected chi connectivity index (χ1v) is 10.8. The van der Waals surface area contributed by atoms with Crippen molar-refractivity contribution < 1.29 is 18.7 Å². The average molecular weight is 442 g/mol. The van der Waals surface area contributed by atoms with Crippen molar-refractivity contribution in [1.29, 1.82) is 0 Å². The predicted octanol–water partition coefficient (Wildman–Crippen LogP) is 5.86. The van der Waals surface area contributed by atoms with Crippen LogP contribution in [0.25, 0.3) is 27.2 Å². The van der Waals surface area contributed by atoms with Crippen LogP contribution in [0, 0.1) is 17.6 Å². The van der Waals surface area contributed by atoms with Crippen LogP contribution in [0.4, 0.5) is 8.78 Å². The van der Waals surface area contributed by atoms with Crippen LogP contribution in [0.1, 0.15) is 42.0 Å². The zero-order valence-corrected chi connectivity index (χ0v) is 18.1. The molecule has 0 unspecified atom stereocenters. The highest BCUT2D eigenvalue weighted by Gasteiger charge is 2.22. The summed E-state index contributed by atoms with van der Waals surface area (Å²) < 4.78 is 29.9. The molecule has 4 rings (SSSR count). The van der Waals surface area contributed by atoms with E-state index in [1.165, 1.54) is 12.1 Å². The largest absolute Gasteiger partial charge is 0.476 e. The van der Waals surface area contributed by atoms with E-state index < -0.39 is 17.6 Å². The maximum atomic E-state index is 14.7. The topological polar surface area (TPSA) is 67.5 Å². The fraction of sp³-hybridized carbons (Fsp3) is 0.261. The van der Waals surface area contributed by atoms with Gasteiger partial charge in [-0.25, -0.2) is 23.5 Å². The quantitative estimate of drug-likeness (QED) is 0.407. The third kappa shape index (κ3) is 3.95. The summed E-state index contributed by atoms with van der Waals surface area (Å²) >= 11 is 1.55. The first-order chi connectivity index (χ1) is 14.8. The van der Waals surface area contributed by atoms with E-state index in [0.717, 1.165) is 27.9 Å². The summed E-state index contributed by atoms with van der Waals surface area (Å²) in [6.45, 7) is 6.08. The minimum absolute atomic E-state index is 0.0757. The fourth-order valence-corrected chi connectivity index (χ4v) is 4.74. The van der Waals surface area contributed by atoms with Crippen molar-refractivity contribution in [2.45, 2.75) is 33.6 Å². The van der Waals surface area contributed by atoms with Gasteiger partial charge in [0.05, 0.1) is 15.6 Å². The molecule has 31 heavy (non-hydrogen) atoms. The lowest BCUT2D eigenvalue weighted by Gasteiger charge is -2.10.